The van der Waals surface area contributed by atoms with Crippen LogP contribution in [0.5, 0.6) is 0 Å². The zero-order valence-corrected chi connectivity index (χ0v) is 10.7. The molecule has 0 bridgehead atoms. The number of aromatic nitrogens is 2. The Morgan fingerprint density at radius 2 is 2.12 bits per heavy atom. The molecule has 2 heterocycles. The molecule has 94 valence electrons. The number of ether oxygens (including phenoxy) is 1. The second-order valence-corrected chi connectivity index (χ2v) is 4.98. The predicted octanol–water partition coefficient (Wildman–Crippen LogP) is 1.89. The SMILES string of the molecule is CNc1cc(NC2CCOC(C)(C)C2)ncn1. The summed E-state index contributed by atoms with van der Waals surface area (Å²) in [5, 5.41) is 6.45. The summed E-state index contributed by atoms with van der Waals surface area (Å²) in [5.41, 5.74) is -0.0468. The highest BCUT2D eigenvalue weighted by Crippen LogP contribution is 2.26. The summed E-state index contributed by atoms with van der Waals surface area (Å²) in [7, 11) is 1.85. The fourth-order valence-electron chi connectivity index (χ4n) is 2.14. The van der Waals surface area contributed by atoms with Gasteiger partial charge < -0.3 is 15.4 Å². The van der Waals surface area contributed by atoms with Crippen LogP contribution >= 0.6 is 0 Å². The number of hydrogen-bond acceptors (Lipinski definition) is 5. The van der Waals surface area contributed by atoms with Gasteiger partial charge in [-0.2, -0.15) is 0 Å². The van der Waals surface area contributed by atoms with E-state index in [9.17, 15) is 0 Å². The first-order valence-corrected chi connectivity index (χ1v) is 5.99. The highest BCUT2D eigenvalue weighted by molar-refractivity contribution is 5.46. The third-order valence-electron chi connectivity index (χ3n) is 2.97. The number of rotatable bonds is 3. The van der Waals surface area contributed by atoms with Crippen molar-refractivity contribution in [2.45, 2.75) is 38.3 Å². The summed E-state index contributed by atoms with van der Waals surface area (Å²) in [6, 6.07) is 2.33. The average Bonchev–Trinajstić information content (AvgIpc) is 2.28. The minimum Gasteiger partial charge on any atom is -0.375 e. The maximum Gasteiger partial charge on any atom is 0.131 e. The lowest BCUT2D eigenvalue weighted by Crippen LogP contribution is -2.40. The topological polar surface area (TPSA) is 59.1 Å². The summed E-state index contributed by atoms with van der Waals surface area (Å²) >= 11 is 0. The highest BCUT2D eigenvalue weighted by Gasteiger charge is 2.28. The molecule has 1 atom stereocenters. The van der Waals surface area contributed by atoms with Crippen LogP contribution in [0.1, 0.15) is 26.7 Å². The Bertz CT molecular complexity index is 381. The summed E-state index contributed by atoms with van der Waals surface area (Å²) in [6.07, 6.45) is 3.58. The zero-order valence-electron chi connectivity index (χ0n) is 10.7. The molecule has 0 radical (unpaired) electrons. The normalized spacial score (nSPS) is 23.1. The lowest BCUT2D eigenvalue weighted by molar-refractivity contribution is -0.0553. The molecule has 1 unspecified atom stereocenters. The minimum atomic E-state index is -0.0468. The molecule has 5 heteroatoms. The second kappa shape index (κ2) is 4.87. The van der Waals surface area contributed by atoms with Crippen LogP contribution in [0.4, 0.5) is 11.6 Å². The van der Waals surface area contributed by atoms with Crippen LogP contribution in [0.3, 0.4) is 0 Å². The number of nitrogens with zero attached hydrogens (tertiary/aromatic N) is 2. The van der Waals surface area contributed by atoms with Crippen LogP contribution in [0.25, 0.3) is 0 Å². The maximum atomic E-state index is 5.69. The molecule has 1 aliphatic heterocycles. The molecular formula is C12H20N4O. The van der Waals surface area contributed by atoms with E-state index in [-0.39, 0.29) is 5.60 Å². The van der Waals surface area contributed by atoms with Crippen LogP contribution < -0.4 is 10.6 Å². The van der Waals surface area contributed by atoms with E-state index in [0.717, 1.165) is 31.1 Å². The quantitative estimate of drug-likeness (QED) is 0.839. The second-order valence-electron chi connectivity index (χ2n) is 4.98. The molecule has 0 amide bonds. The van der Waals surface area contributed by atoms with Crippen molar-refractivity contribution in [2.24, 2.45) is 0 Å². The van der Waals surface area contributed by atoms with E-state index in [0.29, 0.717) is 6.04 Å². The molecule has 5 nitrogen and oxygen atoms in total. The van der Waals surface area contributed by atoms with Gasteiger partial charge in [-0.25, -0.2) is 9.97 Å². The Kier molecular flexibility index (Phi) is 3.47. The summed E-state index contributed by atoms with van der Waals surface area (Å²) in [6.45, 7) is 5.05. The van der Waals surface area contributed by atoms with Gasteiger partial charge in [-0.05, 0) is 26.7 Å². The lowest BCUT2D eigenvalue weighted by atomic mass is 9.94. The van der Waals surface area contributed by atoms with Gasteiger partial charge in [-0.3, -0.25) is 0 Å². The Morgan fingerprint density at radius 3 is 2.82 bits per heavy atom. The molecular weight excluding hydrogens is 216 g/mol. The van der Waals surface area contributed by atoms with Gasteiger partial charge in [0, 0.05) is 25.8 Å². The van der Waals surface area contributed by atoms with Crippen LogP contribution in [0.15, 0.2) is 12.4 Å². The van der Waals surface area contributed by atoms with Gasteiger partial charge in [0.1, 0.15) is 18.0 Å². The first kappa shape index (κ1) is 12.1. The minimum absolute atomic E-state index is 0.0468. The lowest BCUT2D eigenvalue weighted by Gasteiger charge is -2.36. The first-order valence-electron chi connectivity index (χ1n) is 5.99. The predicted molar refractivity (Wildman–Crippen MR) is 68.3 cm³/mol. The fraction of sp³-hybridized carbons (Fsp3) is 0.667. The van der Waals surface area contributed by atoms with E-state index in [2.05, 4.69) is 34.4 Å². The van der Waals surface area contributed by atoms with E-state index in [1.54, 1.807) is 6.33 Å². The monoisotopic (exact) mass is 236 g/mol. The van der Waals surface area contributed by atoms with Gasteiger partial charge in [-0.1, -0.05) is 0 Å². The smallest absolute Gasteiger partial charge is 0.131 e. The molecule has 1 fully saturated rings. The third-order valence-corrected chi connectivity index (χ3v) is 2.97. The molecule has 1 aromatic rings. The fourth-order valence-corrected chi connectivity index (χ4v) is 2.14. The third kappa shape index (κ3) is 3.30. The first-order chi connectivity index (χ1) is 8.09. The summed E-state index contributed by atoms with van der Waals surface area (Å²) in [4.78, 5) is 8.32. The van der Waals surface area contributed by atoms with Crippen LogP contribution in [-0.4, -0.2) is 35.3 Å². The highest BCUT2D eigenvalue weighted by atomic mass is 16.5. The zero-order chi connectivity index (χ0) is 12.3. The van der Waals surface area contributed by atoms with Crippen molar-refractivity contribution in [3.63, 3.8) is 0 Å². The van der Waals surface area contributed by atoms with Crippen LogP contribution in [0, 0.1) is 0 Å². The summed E-state index contributed by atoms with van der Waals surface area (Å²) in [5.74, 6) is 1.70. The van der Waals surface area contributed by atoms with E-state index in [1.807, 2.05) is 13.1 Å². The van der Waals surface area contributed by atoms with Gasteiger partial charge >= 0.3 is 0 Å². The Labute approximate surface area is 102 Å². The van der Waals surface area contributed by atoms with Crippen molar-refractivity contribution in [3.8, 4) is 0 Å². The van der Waals surface area contributed by atoms with Gasteiger partial charge in [0.2, 0.25) is 0 Å². The van der Waals surface area contributed by atoms with Crippen molar-refractivity contribution in [3.05, 3.63) is 12.4 Å². The van der Waals surface area contributed by atoms with Crippen LogP contribution in [0.2, 0.25) is 0 Å². The Hall–Kier alpha value is -1.36. The number of hydrogen-bond donors (Lipinski definition) is 2. The van der Waals surface area contributed by atoms with Gasteiger partial charge in [-0.15, -0.1) is 0 Å². The van der Waals surface area contributed by atoms with Crippen molar-refractivity contribution in [1.82, 2.24) is 9.97 Å². The Balaban J connectivity index is 2.00. The van der Waals surface area contributed by atoms with Gasteiger partial charge in [0.05, 0.1) is 5.60 Å². The van der Waals surface area contributed by atoms with Crippen molar-refractivity contribution >= 4 is 11.6 Å². The van der Waals surface area contributed by atoms with E-state index in [4.69, 9.17) is 4.74 Å². The molecule has 0 aliphatic carbocycles. The molecule has 1 saturated heterocycles. The van der Waals surface area contributed by atoms with Gasteiger partial charge in [0.15, 0.2) is 0 Å². The maximum absolute atomic E-state index is 5.69. The molecule has 0 aromatic carbocycles. The van der Waals surface area contributed by atoms with Gasteiger partial charge in [0.25, 0.3) is 0 Å². The van der Waals surface area contributed by atoms with E-state index >= 15 is 0 Å². The van der Waals surface area contributed by atoms with Crippen molar-refractivity contribution < 1.29 is 4.74 Å². The van der Waals surface area contributed by atoms with E-state index < -0.39 is 0 Å². The molecule has 2 N–H and O–H groups in total. The average molecular weight is 236 g/mol. The van der Waals surface area contributed by atoms with Crippen LogP contribution in [-0.2, 0) is 4.74 Å². The number of anilines is 2. The molecule has 1 aromatic heterocycles. The summed E-state index contributed by atoms with van der Waals surface area (Å²) < 4.78 is 5.69. The van der Waals surface area contributed by atoms with Crippen molar-refractivity contribution in [1.29, 1.82) is 0 Å². The Morgan fingerprint density at radius 1 is 1.35 bits per heavy atom. The van der Waals surface area contributed by atoms with E-state index in [1.165, 1.54) is 0 Å². The molecule has 17 heavy (non-hydrogen) atoms. The molecule has 1 aliphatic rings. The standard InChI is InChI=1S/C12H20N4O/c1-12(2)7-9(4-5-17-12)16-11-6-10(13-3)14-8-15-11/h6,8-9H,4-5,7H2,1-3H3,(H2,13,14,15,16). The number of nitrogens with one attached hydrogen (secondary N) is 2. The van der Waals surface area contributed by atoms with Crippen molar-refractivity contribution in [2.75, 3.05) is 24.3 Å². The molecule has 0 saturated carbocycles. The largest absolute Gasteiger partial charge is 0.375 e. The molecule has 2 rings (SSSR count). The molecule has 0 spiro atoms.